The van der Waals surface area contributed by atoms with Gasteiger partial charge in [0, 0.05) is 12.2 Å². The number of nitrogens with one attached hydrogen (secondary N) is 1. The number of nitrogens with two attached hydrogens (primary N) is 1. The SMILES string of the molecule is CC(C)=CCNS(=O)(=O)c1cccc(N)c1. The van der Waals surface area contributed by atoms with Crippen molar-refractivity contribution in [3.05, 3.63) is 35.9 Å². The molecule has 1 aromatic carbocycles. The molecule has 0 fully saturated rings. The lowest BCUT2D eigenvalue weighted by Crippen LogP contribution is -2.23. The summed E-state index contributed by atoms with van der Waals surface area (Å²) in [7, 11) is -3.45. The van der Waals surface area contributed by atoms with E-state index in [1.165, 1.54) is 12.1 Å². The van der Waals surface area contributed by atoms with Crippen molar-refractivity contribution >= 4 is 15.7 Å². The maximum absolute atomic E-state index is 11.8. The molecule has 0 aliphatic carbocycles. The summed E-state index contributed by atoms with van der Waals surface area (Å²) in [6.45, 7) is 4.11. The van der Waals surface area contributed by atoms with Gasteiger partial charge >= 0.3 is 0 Å². The minimum Gasteiger partial charge on any atom is -0.399 e. The van der Waals surface area contributed by atoms with Gasteiger partial charge in [-0.25, -0.2) is 13.1 Å². The Morgan fingerprint density at radius 1 is 1.44 bits per heavy atom. The van der Waals surface area contributed by atoms with E-state index in [9.17, 15) is 8.42 Å². The van der Waals surface area contributed by atoms with E-state index in [1.54, 1.807) is 12.1 Å². The predicted molar refractivity (Wildman–Crippen MR) is 65.5 cm³/mol. The van der Waals surface area contributed by atoms with Crippen LogP contribution in [-0.4, -0.2) is 15.0 Å². The van der Waals surface area contributed by atoms with Crippen molar-refractivity contribution in [1.82, 2.24) is 4.72 Å². The Bertz CT molecular complexity index is 488. The smallest absolute Gasteiger partial charge is 0.240 e. The molecule has 0 unspecified atom stereocenters. The monoisotopic (exact) mass is 240 g/mol. The topological polar surface area (TPSA) is 72.2 Å². The van der Waals surface area contributed by atoms with Gasteiger partial charge in [-0.05, 0) is 32.0 Å². The van der Waals surface area contributed by atoms with Crippen LogP contribution in [0.25, 0.3) is 0 Å². The lowest BCUT2D eigenvalue weighted by molar-refractivity contribution is 0.585. The van der Waals surface area contributed by atoms with E-state index in [0.29, 0.717) is 12.2 Å². The third-order valence-electron chi connectivity index (χ3n) is 1.95. The van der Waals surface area contributed by atoms with Gasteiger partial charge in [-0.2, -0.15) is 0 Å². The Hall–Kier alpha value is -1.33. The standard InChI is InChI=1S/C11H16N2O2S/c1-9(2)6-7-13-16(14,15)11-5-3-4-10(12)8-11/h3-6,8,13H,7,12H2,1-2H3. The lowest BCUT2D eigenvalue weighted by atomic mass is 10.3. The van der Waals surface area contributed by atoms with Gasteiger partial charge in [-0.15, -0.1) is 0 Å². The van der Waals surface area contributed by atoms with E-state index in [4.69, 9.17) is 5.73 Å². The maximum atomic E-state index is 11.8. The minimum absolute atomic E-state index is 0.189. The summed E-state index contributed by atoms with van der Waals surface area (Å²) in [4.78, 5) is 0.189. The number of anilines is 1. The average molecular weight is 240 g/mol. The highest BCUT2D eigenvalue weighted by Gasteiger charge is 2.12. The number of nitrogen functional groups attached to an aromatic ring is 1. The summed E-state index contributed by atoms with van der Waals surface area (Å²) in [6.07, 6.45) is 1.81. The van der Waals surface area contributed by atoms with Crippen LogP contribution in [0.4, 0.5) is 5.69 Å². The number of hydrogen-bond donors (Lipinski definition) is 2. The molecule has 0 saturated carbocycles. The van der Waals surface area contributed by atoms with Crippen molar-refractivity contribution in [2.24, 2.45) is 0 Å². The van der Waals surface area contributed by atoms with Crippen LogP contribution in [0.3, 0.4) is 0 Å². The largest absolute Gasteiger partial charge is 0.399 e. The number of benzene rings is 1. The van der Waals surface area contributed by atoms with Gasteiger partial charge in [0.15, 0.2) is 0 Å². The second-order valence-electron chi connectivity index (χ2n) is 3.71. The molecule has 0 heterocycles. The van der Waals surface area contributed by atoms with E-state index in [1.807, 2.05) is 19.9 Å². The first kappa shape index (κ1) is 12.7. The van der Waals surface area contributed by atoms with E-state index in [0.717, 1.165) is 5.57 Å². The Kier molecular flexibility index (Phi) is 4.09. The number of allylic oxidation sites excluding steroid dienone is 1. The van der Waals surface area contributed by atoms with Crippen molar-refractivity contribution in [1.29, 1.82) is 0 Å². The van der Waals surface area contributed by atoms with Gasteiger partial charge in [-0.3, -0.25) is 0 Å². The van der Waals surface area contributed by atoms with E-state index in [2.05, 4.69) is 4.72 Å². The molecule has 0 atom stereocenters. The van der Waals surface area contributed by atoms with Gasteiger partial charge in [0.25, 0.3) is 0 Å². The average Bonchev–Trinajstić information content (AvgIpc) is 2.16. The summed E-state index contributed by atoms with van der Waals surface area (Å²) in [6, 6.07) is 6.21. The first-order valence-corrected chi connectivity index (χ1v) is 6.39. The van der Waals surface area contributed by atoms with E-state index in [-0.39, 0.29) is 4.90 Å². The number of hydrogen-bond acceptors (Lipinski definition) is 3. The van der Waals surface area contributed by atoms with Gasteiger partial charge in [0.1, 0.15) is 0 Å². The Balaban J connectivity index is 2.83. The van der Waals surface area contributed by atoms with Crippen LogP contribution in [0.1, 0.15) is 13.8 Å². The number of sulfonamides is 1. The molecule has 0 amide bonds. The molecule has 1 rings (SSSR count). The fraction of sp³-hybridized carbons (Fsp3) is 0.273. The summed E-state index contributed by atoms with van der Waals surface area (Å²) < 4.78 is 26.0. The van der Waals surface area contributed by atoms with Gasteiger partial charge in [-0.1, -0.05) is 17.7 Å². The van der Waals surface area contributed by atoms with Crippen LogP contribution in [0.15, 0.2) is 40.8 Å². The fourth-order valence-corrected chi connectivity index (χ4v) is 2.14. The Morgan fingerprint density at radius 3 is 2.69 bits per heavy atom. The second-order valence-corrected chi connectivity index (χ2v) is 5.47. The molecule has 5 heteroatoms. The lowest BCUT2D eigenvalue weighted by Gasteiger charge is -2.05. The Morgan fingerprint density at radius 2 is 2.12 bits per heavy atom. The predicted octanol–water partition coefficient (Wildman–Crippen LogP) is 1.51. The molecule has 16 heavy (non-hydrogen) atoms. The molecule has 1 aromatic rings. The zero-order chi connectivity index (χ0) is 12.2. The van der Waals surface area contributed by atoms with E-state index >= 15 is 0 Å². The van der Waals surface area contributed by atoms with Crippen molar-refractivity contribution in [2.45, 2.75) is 18.7 Å². The van der Waals surface area contributed by atoms with Crippen molar-refractivity contribution < 1.29 is 8.42 Å². The highest BCUT2D eigenvalue weighted by molar-refractivity contribution is 7.89. The molecule has 0 aliphatic heterocycles. The molecule has 0 spiro atoms. The zero-order valence-electron chi connectivity index (χ0n) is 9.40. The molecule has 0 bridgehead atoms. The van der Waals surface area contributed by atoms with Crippen LogP contribution >= 0.6 is 0 Å². The highest BCUT2D eigenvalue weighted by Crippen LogP contribution is 2.12. The second kappa shape index (κ2) is 5.14. The summed E-state index contributed by atoms with van der Waals surface area (Å²) in [5.41, 5.74) is 7.03. The molecular weight excluding hydrogens is 224 g/mol. The molecule has 0 radical (unpaired) electrons. The van der Waals surface area contributed by atoms with Crippen LogP contribution in [-0.2, 0) is 10.0 Å². The van der Waals surface area contributed by atoms with Gasteiger partial charge in [0.2, 0.25) is 10.0 Å². The summed E-state index contributed by atoms with van der Waals surface area (Å²) in [5, 5.41) is 0. The first-order valence-electron chi connectivity index (χ1n) is 4.90. The third-order valence-corrected chi connectivity index (χ3v) is 3.37. The van der Waals surface area contributed by atoms with Gasteiger partial charge < -0.3 is 5.73 Å². The minimum atomic E-state index is -3.45. The molecule has 88 valence electrons. The van der Waals surface area contributed by atoms with Crippen LogP contribution in [0, 0.1) is 0 Å². The van der Waals surface area contributed by atoms with Crippen molar-refractivity contribution in [3.8, 4) is 0 Å². The summed E-state index contributed by atoms with van der Waals surface area (Å²) in [5.74, 6) is 0. The van der Waals surface area contributed by atoms with Crippen molar-refractivity contribution in [3.63, 3.8) is 0 Å². The molecule has 0 aliphatic rings. The normalized spacial score (nSPS) is 11.1. The maximum Gasteiger partial charge on any atom is 0.240 e. The highest BCUT2D eigenvalue weighted by atomic mass is 32.2. The molecule has 3 N–H and O–H groups in total. The van der Waals surface area contributed by atoms with Gasteiger partial charge in [0.05, 0.1) is 4.90 Å². The molecule has 0 aromatic heterocycles. The first-order chi connectivity index (χ1) is 7.42. The zero-order valence-corrected chi connectivity index (χ0v) is 10.2. The molecular formula is C11H16N2O2S. The van der Waals surface area contributed by atoms with Crippen LogP contribution in [0.2, 0.25) is 0 Å². The summed E-state index contributed by atoms with van der Waals surface area (Å²) >= 11 is 0. The van der Waals surface area contributed by atoms with Crippen LogP contribution in [0.5, 0.6) is 0 Å². The fourth-order valence-electron chi connectivity index (χ4n) is 1.12. The number of rotatable bonds is 4. The Labute approximate surface area is 96.2 Å². The molecule has 4 nitrogen and oxygen atoms in total. The quantitative estimate of drug-likeness (QED) is 0.619. The van der Waals surface area contributed by atoms with Crippen molar-refractivity contribution in [2.75, 3.05) is 12.3 Å². The van der Waals surface area contributed by atoms with Crippen LogP contribution < -0.4 is 10.5 Å². The molecule has 0 saturated heterocycles. The van der Waals surface area contributed by atoms with E-state index < -0.39 is 10.0 Å². The third kappa shape index (κ3) is 3.67.